The maximum Gasteiger partial charge on any atom is 0.324 e. The Balaban J connectivity index is 2.02. The predicted molar refractivity (Wildman–Crippen MR) is 118 cm³/mol. The summed E-state index contributed by atoms with van der Waals surface area (Å²) in [6.45, 7) is 15.5. The van der Waals surface area contributed by atoms with Crippen molar-refractivity contribution in [2.75, 3.05) is 7.11 Å². The van der Waals surface area contributed by atoms with Crippen LogP contribution in [0.25, 0.3) is 0 Å². The van der Waals surface area contributed by atoms with Crippen LogP contribution in [0.1, 0.15) is 73.6 Å². The Morgan fingerprint density at radius 2 is 1.59 bits per heavy atom. The molecule has 4 aliphatic carbocycles. The van der Waals surface area contributed by atoms with Crippen LogP contribution in [0.2, 0.25) is 0 Å². The first-order valence-corrected chi connectivity index (χ1v) is 11.8. The number of esters is 1. The number of Topliss-reactive ketones (excluding diaryl/α,β-unsaturated/α-hetero) is 2. The molecule has 0 aromatic rings. The van der Waals surface area contributed by atoms with Gasteiger partial charge in [0.2, 0.25) is 0 Å². The predicted octanol–water partition coefficient (Wildman–Crippen LogP) is 3.23. The maximum absolute atomic E-state index is 14.0. The Morgan fingerprint density at radius 3 is 2.16 bits per heavy atom. The number of rotatable bonds is 1. The van der Waals surface area contributed by atoms with Gasteiger partial charge in [-0.25, -0.2) is 0 Å². The molecule has 32 heavy (non-hydrogen) atoms. The molecule has 4 aliphatic rings. The monoisotopic (exact) mass is 446 g/mol. The number of aliphatic hydroxyl groups is 2. The van der Waals surface area contributed by atoms with Gasteiger partial charge in [-0.1, -0.05) is 34.3 Å². The van der Waals surface area contributed by atoms with Crippen molar-refractivity contribution in [3.05, 3.63) is 12.2 Å². The molecule has 2 N–H and O–H groups in total. The zero-order valence-electron chi connectivity index (χ0n) is 20.5. The summed E-state index contributed by atoms with van der Waals surface area (Å²) in [6, 6.07) is 0. The van der Waals surface area contributed by atoms with Crippen LogP contribution in [-0.2, 0) is 19.1 Å². The summed E-state index contributed by atoms with van der Waals surface area (Å²) in [7, 11) is 1.25. The molecule has 0 aliphatic heterocycles. The number of fused-ring (bicyclic) bond motifs is 6. The number of carbonyl (C=O) groups excluding carboxylic acids is 3. The average molecular weight is 447 g/mol. The van der Waals surface area contributed by atoms with Gasteiger partial charge in [0.15, 0.2) is 22.6 Å². The second-order valence-corrected chi connectivity index (χ2v) is 12.4. The second kappa shape index (κ2) is 6.32. The molecule has 0 aromatic heterocycles. The van der Waals surface area contributed by atoms with Crippen LogP contribution in [-0.4, -0.2) is 46.6 Å². The van der Waals surface area contributed by atoms with Gasteiger partial charge < -0.3 is 14.9 Å². The highest BCUT2D eigenvalue weighted by Gasteiger charge is 2.81. The zero-order chi connectivity index (χ0) is 24.3. The van der Waals surface area contributed by atoms with Crippen LogP contribution in [0.3, 0.4) is 0 Å². The Bertz CT molecular complexity index is 923. The first kappa shape index (κ1) is 23.6. The number of hydrogen-bond donors (Lipinski definition) is 2. The highest BCUT2D eigenvalue weighted by Crippen LogP contribution is 2.76. The molecule has 0 aromatic carbocycles. The molecule has 2 bridgehead atoms. The van der Waals surface area contributed by atoms with E-state index in [9.17, 15) is 24.6 Å². The van der Waals surface area contributed by atoms with Crippen molar-refractivity contribution in [1.29, 1.82) is 0 Å². The van der Waals surface area contributed by atoms with E-state index >= 15 is 0 Å². The van der Waals surface area contributed by atoms with Crippen LogP contribution >= 0.6 is 0 Å². The minimum absolute atomic E-state index is 0.154. The normalized spacial score (nSPS) is 52.2. The molecule has 4 saturated carbocycles. The lowest BCUT2D eigenvalue weighted by atomic mass is 9.30. The minimum Gasteiger partial charge on any atom is -0.468 e. The molecule has 0 heterocycles. The third-order valence-electron chi connectivity index (χ3n) is 10.8. The summed E-state index contributed by atoms with van der Waals surface area (Å²) in [4.78, 5) is 41.1. The summed E-state index contributed by atoms with van der Waals surface area (Å²) in [5, 5.41) is 22.0. The van der Waals surface area contributed by atoms with Crippen LogP contribution in [0, 0.1) is 38.9 Å². The highest BCUT2D eigenvalue weighted by atomic mass is 16.5. The smallest absolute Gasteiger partial charge is 0.324 e. The number of aliphatic hydroxyl groups excluding tert-OH is 1. The molecule has 0 unspecified atom stereocenters. The summed E-state index contributed by atoms with van der Waals surface area (Å²) in [5.74, 6) is -2.08. The van der Waals surface area contributed by atoms with Crippen molar-refractivity contribution in [2.45, 2.75) is 85.4 Å². The third-order valence-corrected chi connectivity index (χ3v) is 10.8. The Labute approximate surface area is 190 Å². The molecular weight excluding hydrogens is 408 g/mol. The fourth-order valence-corrected chi connectivity index (χ4v) is 8.97. The molecule has 178 valence electrons. The SMILES string of the molecule is C=C1[C@@]2(C)C[C@H]3[C@]4(C)CC[C@@H](O)C(C)(C)[C@H]4CC[C@]3(C)[C@]1(C(=O)OC)C(=O)[C@@](C)(O)C2=O. The average Bonchev–Trinajstić information content (AvgIpc) is 2.71. The lowest BCUT2D eigenvalue weighted by molar-refractivity contribution is -0.232. The van der Waals surface area contributed by atoms with E-state index in [1.807, 2.05) is 6.92 Å². The van der Waals surface area contributed by atoms with E-state index in [0.717, 1.165) is 12.8 Å². The Hall–Kier alpha value is -1.53. The van der Waals surface area contributed by atoms with E-state index in [1.165, 1.54) is 14.0 Å². The van der Waals surface area contributed by atoms with Gasteiger partial charge in [0.25, 0.3) is 0 Å². The van der Waals surface area contributed by atoms with Gasteiger partial charge in [-0.2, -0.15) is 0 Å². The number of carbonyl (C=O) groups is 3. The summed E-state index contributed by atoms with van der Waals surface area (Å²) in [6.07, 6.45) is 2.67. The third kappa shape index (κ3) is 2.22. The van der Waals surface area contributed by atoms with E-state index in [-0.39, 0.29) is 28.2 Å². The molecule has 0 spiro atoms. The summed E-state index contributed by atoms with van der Waals surface area (Å²) in [5.41, 5.74) is -6.49. The number of ketones is 2. The van der Waals surface area contributed by atoms with Crippen molar-refractivity contribution < 1.29 is 29.3 Å². The highest BCUT2D eigenvalue weighted by molar-refractivity contribution is 6.26. The molecule has 0 saturated heterocycles. The van der Waals surface area contributed by atoms with Crippen molar-refractivity contribution in [1.82, 2.24) is 0 Å². The molecule has 4 fully saturated rings. The summed E-state index contributed by atoms with van der Waals surface area (Å²) >= 11 is 0. The van der Waals surface area contributed by atoms with Crippen LogP contribution < -0.4 is 0 Å². The Kier molecular flexibility index (Phi) is 4.67. The van der Waals surface area contributed by atoms with Gasteiger partial charge in [-0.15, -0.1) is 0 Å². The lowest BCUT2D eigenvalue weighted by Gasteiger charge is -2.72. The fraction of sp³-hybridized carbons (Fsp3) is 0.808. The second-order valence-electron chi connectivity index (χ2n) is 12.4. The first-order chi connectivity index (χ1) is 14.5. The number of ether oxygens (including phenoxy) is 1. The zero-order valence-corrected chi connectivity index (χ0v) is 20.5. The van der Waals surface area contributed by atoms with Crippen molar-refractivity contribution in [3.63, 3.8) is 0 Å². The first-order valence-electron chi connectivity index (χ1n) is 11.8. The van der Waals surface area contributed by atoms with E-state index in [2.05, 4.69) is 27.4 Å². The van der Waals surface area contributed by atoms with Gasteiger partial charge in [0.1, 0.15) is 0 Å². The van der Waals surface area contributed by atoms with Gasteiger partial charge in [0.05, 0.1) is 18.6 Å². The van der Waals surface area contributed by atoms with Crippen molar-refractivity contribution >= 4 is 17.5 Å². The molecule has 8 atom stereocenters. The van der Waals surface area contributed by atoms with Gasteiger partial charge in [-0.05, 0) is 79.6 Å². The van der Waals surface area contributed by atoms with Gasteiger partial charge in [0, 0.05) is 0 Å². The largest absolute Gasteiger partial charge is 0.468 e. The van der Waals surface area contributed by atoms with Gasteiger partial charge >= 0.3 is 5.97 Å². The number of hydrogen-bond acceptors (Lipinski definition) is 6. The molecule has 6 heteroatoms. The molecule has 4 rings (SSSR count). The van der Waals surface area contributed by atoms with Crippen LogP contribution in [0.5, 0.6) is 0 Å². The molecule has 6 nitrogen and oxygen atoms in total. The summed E-state index contributed by atoms with van der Waals surface area (Å²) < 4.78 is 5.24. The van der Waals surface area contributed by atoms with E-state index in [0.29, 0.717) is 19.3 Å². The standard InChI is InChI=1S/C26H38O6/c1-14-23(5)13-16-22(4)11-10-17(27)21(2,3)15(22)9-12-24(16,6)26(14,20(30)32-8)19(29)25(7,31)18(23)28/h15-17,27,31H,1,9-13H2,2-8H3/t15-,16+,17-,22-,23-,24+,25+,26+/m1/s1. The van der Waals surface area contributed by atoms with Crippen molar-refractivity contribution in [2.24, 2.45) is 38.9 Å². The van der Waals surface area contributed by atoms with Crippen LogP contribution in [0.15, 0.2) is 12.2 Å². The Morgan fingerprint density at radius 1 is 1.00 bits per heavy atom. The molecule has 0 amide bonds. The maximum atomic E-state index is 14.0. The molecular formula is C26H38O6. The fourth-order valence-electron chi connectivity index (χ4n) is 8.97. The van der Waals surface area contributed by atoms with E-state index in [4.69, 9.17) is 4.74 Å². The molecule has 0 radical (unpaired) electrons. The quantitative estimate of drug-likeness (QED) is 0.364. The minimum atomic E-state index is -2.28. The van der Waals surface area contributed by atoms with E-state index < -0.39 is 45.5 Å². The topological polar surface area (TPSA) is 101 Å². The van der Waals surface area contributed by atoms with E-state index in [1.54, 1.807) is 6.92 Å². The van der Waals surface area contributed by atoms with Gasteiger partial charge in [-0.3, -0.25) is 14.4 Å². The number of methoxy groups -OCH3 is 1. The van der Waals surface area contributed by atoms with Crippen molar-refractivity contribution in [3.8, 4) is 0 Å². The lowest BCUT2D eigenvalue weighted by Crippen LogP contribution is -2.77. The van der Waals surface area contributed by atoms with Crippen LogP contribution in [0.4, 0.5) is 0 Å².